The molecule has 5 heteroatoms. The Morgan fingerprint density at radius 2 is 1.80 bits per heavy atom. The minimum atomic E-state index is -1.09. The molecule has 0 aliphatic rings. The van der Waals surface area contributed by atoms with E-state index in [2.05, 4.69) is 4.43 Å². The van der Waals surface area contributed by atoms with Crippen molar-refractivity contribution >= 4 is 10.0 Å². The van der Waals surface area contributed by atoms with Crippen LogP contribution in [0.2, 0.25) is 0 Å². The molecule has 0 amide bonds. The average Bonchev–Trinajstić information content (AvgIpc) is 1.93. The maximum atomic E-state index is 7.98. The highest BCUT2D eigenvalue weighted by molar-refractivity contribution is 6.15. The summed E-state index contributed by atoms with van der Waals surface area (Å²) in [6.45, 7) is 2.71. The highest BCUT2D eigenvalue weighted by atomic mass is 28.2. The van der Waals surface area contributed by atoms with Crippen LogP contribution in [0.5, 0.6) is 0 Å². The maximum Gasteiger partial charge on any atom is 0.301 e. The van der Waals surface area contributed by atoms with Gasteiger partial charge in [-0.2, -0.15) is 0 Å². The van der Waals surface area contributed by atoms with Crippen molar-refractivity contribution in [3.63, 3.8) is 0 Å². The number of aliphatic hydroxyl groups excluding tert-OH is 2. The van der Waals surface area contributed by atoms with Gasteiger partial charge in [-0.3, -0.25) is 0 Å². The van der Waals surface area contributed by atoms with E-state index in [-0.39, 0.29) is 13.2 Å². The van der Waals surface area contributed by atoms with Crippen molar-refractivity contribution < 1.29 is 19.4 Å². The summed E-state index contributed by atoms with van der Waals surface area (Å²) in [6.07, 6.45) is 0.500. The lowest BCUT2D eigenvalue weighted by Gasteiger charge is -1.84. The minimum Gasteiger partial charge on any atom is -0.415 e. The second-order valence-corrected chi connectivity index (χ2v) is 2.09. The van der Waals surface area contributed by atoms with Gasteiger partial charge in [0, 0.05) is 19.8 Å². The SMILES string of the molecule is CCO[SiH2]O.OCCCO. The molecule has 0 aliphatic carbocycles. The number of rotatable bonds is 4. The summed E-state index contributed by atoms with van der Waals surface area (Å²) >= 11 is 0. The van der Waals surface area contributed by atoms with E-state index in [1.54, 1.807) is 0 Å². The lowest BCUT2D eigenvalue weighted by Crippen LogP contribution is -1.93. The summed E-state index contributed by atoms with van der Waals surface area (Å²) in [5, 5.41) is 15.8. The lowest BCUT2D eigenvalue weighted by atomic mass is 10.5. The first kappa shape index (κ1) is 12.7. The molecule has 0 saturated carbocycles. The van der Waals surface area contributed by atoms with Crippen molar-refractivity contribution in [2.75, 3.05) is 19.8 Å². The fraction of sp³-hybridized carbons (Fsp3) is 1.00. The second-order valence-electron chi connectivity index (χ2n) is 1.42. The van der Waals surface area contributed by atoms with E-state index in [1.807, 2.05) is 6.92 Å². The Bertz CT molecular complexity index is 34.6. The molecule has 4 nitrogen and oxygen atoms in total. The van der Waals surface area contributed by atoms with E-state index in [9.17, 15) is 0 Å². The van der Waals surface area contributed by atoms with Gasteiger partial charge in [-0.1, -0.05) is 0 Å². The zero-order chi connectivity index (χ0) is 8.24. The van der Waals surface area contributed by atoms with Crippen molar-refractivity contribution in [3.05, 3.63) is 0 Å². The number of hydrogen-bond donors (Lipinski definition) is 3. The first-order valence-corrected chi connectivity index (χ1v) is 4.44. The fourth-order valence-electron chi connectivity index (χ4n) is 0.162. The summed E-state index contributed by atoms with van der Waals surface area (Å²) in [6, 6.07) is 0. The molecular formula is C5H16O4Si. The van der Waals surface area contributed by atoms with Gasteiger partial charge < -0.3 is 19.4 Å². The van der Waals surface area contributed by atoms with Crippen LogP contribution in [0.25, 0.3) is 0 Å². The second kappa shape index (κ2) is 16.0. The predicted octanol–water partition coefficient (Wildman–Crippen LogP) is -1.62. The summed E-state index contributed by atoms with van der Waals surface area (Å²) in [5.74, 6) is 0. The van der Waals surface area contributed by atoms with E-state index >= 15 is 0 Å². The summed E-state index contributed by atoms with van der Waals surface area (Å²) in [7, 11) is -1.09. The topological polar surface area (TPSA) is 69.9 Å². The van der Waals surface area contributed by atoms with Crippen molar-refractivity contribution in [1.82, 2.24) is 0 Å². The molecule has 64 valence electrons. The van der Waals surface area contributed by atoms with Gasteiger partial charge in [0.1, 0.15) is 0 Å². The van der Waals surface area contributed by atoms with Crippen LogP contribution in [0.1, 0.15) is 13.3 Å². The fourth-order valence-corrected chi connectivity index (χ4v) is 0.345. The molecule has 0 atom stereocenters. The zero-order valence-electron chi connectivity index (χ0n) is 6.29. The normalized spacial score (nSPS) is 9.60. The Morgan fingerprint density at radius 3 is 1.80 bits per heavy atom. The van der Waals surface area contributed by atoms with Gasteiger partial charge in [-0.05, 0) is 13.3 Å². The Kier molecular flexibility index (Phi) is 20.4. The van der Waals surface area contributed by atoms with Crippen LogP contribution in [0, 0.1) is 0 Å². The molecule has 0 bridgehead atoms. The zero-order valence-corrected chi connectivity index (χ0v) is 7.70. The molecule has 3 N–H and O–H groups in total. The van der Waals surface area contributed by atoms with E-state index < -0.39 is 10.0 Å². The number of hydrogen-bond acceptors (Lipinski definition) is 4. The molecule has 10 heavy (non-hydrogen) atoms. The third kappa shape index (κ3) is 24.4. The smallest absolute Gasteiger partial charge is 0.301 e. The highest BCUT2D eigenvalue weighted by Gasteiger charge is 1.70. The van der Waals surface area contributed by atoms with Gasteiger partial charge >= 0.3 is 10.0 Å². The molecule has 0 unspecified atom stereocenters. The molecule has 0 saturated heterocycles. The van der Waals surface area contributed by atoms with Gasteiger partial charge in [0.25, 0.3) is 0 Å². The number of aliphatic hydroxyl groups is 2. The Morgan fingerprint density at radius 1 is 1.30 bits per heavy atom. The van der Waals surface area contributed by atoms with Crippen LogP contribution < -0.4 is 0 Å². The maximum absolute atomic E-state index is 7.98. The molecule has 0 heterocycles. The van der Waals surface area contributed by atoms with Gasteiger partial charge in [-0.25, -0.2) is 0 Å². The van der Waals surface area contributed by atoms with Gasteiger partial charge in [0.15, 0.2) is 0 Å². The van der Waals surface area contributed by atoms with Gasteiger partial charge in [-0.15, -0.1) is 0 Å². The quantitative estimate of drug-likeness (QED) is 0.441. The third-order valence-electron chi connectivity index (χ3n) is 0.612. The van der Waals surface area contributed by atoms with Gasteiger partial charge in [0.05, 0.1) is 0 Å². The summed E-state index contributed by atoms with van der Waals surface area (Å²) in [4.78, 5) is 7.98. The Labute approximate surface area is 63.5 Å². The van der Waals surface area contributed by atoms with Crippen molar-refractivity contribution in [1.29, 1.82) is 0 Å². The van der Waals surface area contributed by atoms with E-state index in [4.69, 9.17) is 15.0 Å². The third-order valence-corrected chi connectivity index (χ3v) is 1.20. The van der Waals surface area contributed by atoms with Crippen LogP contribution in [0.4, 0.5) is 0 Å². The highest BCUT2D eigenvalue weighted by Crippen LogP contribution is 1.65. The molecule has 0 fully saturated rings. The van der Waals surface area contributed by atoms with Gasteiger partial charge in [0.2, 0.25) is 0 Å². The Hall–Kier alpha value is 0.0569. The van der Waals surface area contributed by atoms with E-state index in [0.717, 1.165) is 0 Å². The molecule has 0 aliphatic heterocycles. The van der Waals surface area contributed by atoms with Crippen LogP contribution in [-0.2, 0) is 4.43 Å². The lowest BCUT2D eigenvalue weighted by molar-refractivity contribution is 0.221. The molecule has 0 aromatic rings. The molecule has 0 rings (SSSR count). The van der Waals surface area contributed by atoms with Crippen LogP contribution in [-0.4, -0.2) is 44.8 Å². The van der Waals surface area contributed by atoms with Crippen molar-refractivity contribution in [2.24, 2.45) is 0 Å². The van der Waals surface area contributed by atoms with Crippen molar-refractivity contribution in [2.45, 2.75) is 13.3 Å². The molecule has 0 radical (unpaired) electrons. The minimum absolute atomic E-state index is 0.0938. The summed E-state index contributed by atoms with van der Waals surface area (Å²) in [5.41, 5.74) is 0. The average molecular weight is 168 g/mol. The van der Waals surface area contributed by atoms with Crippen LogP contribution in [0.15, 0.2) is 0 Å². The largest absolute Gasteiger partial charge is 0.415 e. The Balaban J connectivity index is 0. The molecular weight excluding hydrogens is 152 g/mol. The summed E-state index contributed by atoms with van der Waals surface area (Å²) < 4.78 is 4.53. The molecule has 0 aromatic carbocycles. The van der Waals surface area contributed by atoms with Crippen LogP contribution >= 0.6 is 0 Å². The van der Waals surface area contributed by atoms with E-state index in [1.165, 1.54) is 0 Å². The van der Waals surface area contributed by atoms with Crippen molar-refractivity contribution in [3.8, 4) is 0 Å². The van der Waals surface area contributed by atoms with E-state index in [0.29, 0.717) is 13.0 Å². The standard InChI is InChI=1S/C3H8O2.C2H8O2Si/c4-2-1-3-5;1-2-4-5-3/h4-5H,1-3H2;3H,2,5H2,1H3. The first-order chi connectivity index (χ1) is 4.83. The molecule has 0 aromatic heterocycles. The van der Waals surface area contributed by atoms with Crippen LogP contribution in [0.3, 0.4) is 0 Å². The monoisotopic (exact) mass is 168 g/mol. The molecule has 0 spiro atoms. The first-order valence-electron chi connectivity index (χ1n) is 3.23. The predicted molar refractivity (Wildman–Crippen MR) is 41.2 cm³/mol.